The van der Waals surface area contributed by atoms with Crippen LogP contribution in [-0.2, 0) is 39.8 Å². The van der Waals surface area contributed by atoms with Crippen LogP contribution in [0.25, 0.3) is 0 Å². The molecule has 2 aromatic rings. The zero-order valence-electron chi connectivity index (χ0n) is 36.8. The number of phenols is 2. The lowest BCUT2D eigenvalue weighted by Crippen LogP contribution is -2.53. The molecular weight excluding hydrogens is 838 g/mol. The van der Waals surface area contributed by atoms with Crippen molar-refractivity contribution in [2.45, 2.75) is 172 Å². The number of aliphatic hydroxyl groups is 2. The smallest absolute Gasteiger partial charge is 0.344 e. The predicted octanol–water partition coefficient (Wildman–Crippen LogP) is 6.78. The highest BCUT2D eigenvalue weighted by Crippen LogP contribution is 2.52. The fourth-order valence-electron chi connectivity index (χ4n) is 8.78. The SMILES string of the molecule is CCCCCCCCCCCCCCCCCC(=O)OCC(=O)OCC(=O)[C@]1(O)Cc2c(O)c3c(c(O)c2[C@@H](OC2CC(N)C(O)C(C)O2)C1)C(=O)c1c(OC)cccc1C3=O.Cl. The Kier molecular flexibility index (Phi) is 19.8. The summed E-state index contributed by atoms with van der Waals surface area (Å²) in [5.41, 5.74) is 2.02. The standard InChI is InChI=1S/C47H65NO14.ClH/c1-4-5-6-7-8-9-10-11-12-13-14-15-16-17-18-22-35(50)60-27-36(51)59-26-34(49)47(57)24-30-39(33(25-47)62-37-23-31(48)42(52)28(2)61-37)46(56)41-40(44(30)54)43(53)29-20-19-21-32(58-3)38(29)45(41)55;/h19-21,28,31,33,37,42,52,54,56-57H,4-18,22-27,48H2,1-3H3;1H/t28?,31?,33-,37?,42?,47-;/m0./s1. The van der Waals surface area contributed by atoms with Crippen molar-refractivity contribution >= 4 is 41.7 Å². The van der Waals surface area contributed by atoms with Gasteiger partial charge >= 0.3 is 11.9 Å². The van der Waals surface area contributed by atoms with Gasteiger partial charge in [0.05, 0.1) is 42.1 Å². The second-order valence-corrected chi connectivity index (χ2v) is 17.0. The van der Waals surface area contributed by atoms with E-state index in [0.717, 1.165) is 19.3 Å². The largest absolute Gasteiger partial charge is 0.507 e. The number of carbonyl (C=O) groups is 5. The van der Waals surface area contributed by atoms with E-state index in [1.54, 1.807) is 6.92 Å². The summed E-state index contributed by atoms with van der Waals surface area (Å²) >= 11 is 0. The molecule has 1 saturated heterocycles. The van der Waals surface area contributed by atoms with E-state index in [0.29, 0.717) is 6.42 Å². The summed E-state index contributed by atoms with van der Waals surface area (Å²) in [6.45, 7) is 2.10. The van der Waals surface area contributed by atoms with Gasteiger partial charge in [-0.2, -0.15) is 0 Å². The van der Waals surface area contributed by atoms with E-state index >= 15 is 0 Å². The quantitative estimate of drug-likeness (QED) is 0.0354. The number of aromatic hydroxyl groups is 2. The minimum Gasteiger partial charge on any atom is -0.507 e. The van der Waals surface area contributed by atoms with Crippen molar-refractivity contribution in [3.05, 3.63) is 51.6 Å². The average molecular weight is 904 g/mol. The van der Waals surface area contributed by atoms with Crippen molar-refractivity contribution in [1.29, 1.82) is 0 Å². The molecule has 0 radical (unpaired) electrons. The van der Waals surface area contributed by atoms with Crippen molar-refractivity contribution in [3.8, 4) is 17.2 Å². The Morgan fingerprint density at radius 3 is 1.97 bits per heavy atom. The molecule has 15 nitrogen and oxygen atoms in total. The number of ketones is 3. The first-order valence-corrected chi connectivity index (χ1v) is 22.4. The first-order chi connectivity index (χ1) is 29.7. The highest BCUT2D eigenvalue weighted by atomic mass is 35.5. The Labute approximate surface area is 375 Å². The van der Waals surface area contributed by atoms with Crippen LogP contribution in [0.3, 0.4) is 0 Å². The van der Waals surface area contributed by atoms with Crippen LogP contribution in [0.4, 0.5) is 0 Å². The second kappa shape index (κ2) is 24.2. The molecule has 0 bridgehead atoms. The molecule has 1 fully saturated rings. The van der Waals surface area contributed by atoms with E-state index < -0.39 is 114 Å². The Morgan fingerprint density at radius 1 is 0.810 bits per heavy atom. The van der Waals surface area contributed by atoms with Crippen LogP contribution in [0.15, 0.2) is 18.2 Å². The van der Waals surface area contributed by atoms with Gasteiger partial charge in [-0.1, -0.05) is 109 Å². The zero-order chi connectivity index (χ0) is 45.0. The van der Waals surface area contributed by atoms with Crippen LogP contribution in [0.2, 0.25) is 0 Å². The molecule has 63 heavy (non-hydrogen) atoms. The zero-order valence-corrected chi connectivity index (χ0v) is 37.6. The van der Waals surface area contributed by atoms with Gasteiger partial charge in [-0.15, -0.1) is 12.4 Å². The number of halogens is 1. The van der Waals surface area contributed by atoms with Gasteiger partial charge < -0.3 is 49.8 Å². The number of Topliss-reactive ketones (excluding diaryl/α,β-unsaturated/α-hetero) is 1. The van der Waals surface area contributed by atoms with Gasteiger partial charge in [-0.05, 0) is 19.4 Å². The number of hydrogen-bond donors (Lipinski definition) is 5. The number of ether oxygens (including phenoxy) is 5. The number of fused-ring (bicyclic) bond motifs is 3. The molecule has 0 aromatic heterocycles. The summed E-state index contributed by atoms with van der Waals surface area (Å²) in [4.78, 5) is 66.4. The Bertz CT molecular complexity index is 1910. The maximum atomic E-state index is 14.0. The van der Waals surface area contributed by atoms with Gasteiger partial charge in [0.25, 0.3) is 0 Å². The molecule has 350 valence electrons. The van der Waals surface area contributed by atoms with E-state index in [1.807, 2.05) is 0 Å². The lowest BCUT2D eigenvalue weighted by molar-refractivity contribution is -0.247. The number of nitrogens with two attached hydrogens (primary N) is 1. The van der Waals surface area contributed by atoms with Gasteiger partial charge in [-0.25, -0.2) is 4.79 Å². The molecule has 0 spiro atoms. The monoisotopic (exact) mass is 903 g/mol. The lowest BCUT2D eigenvalue weighted by Gasteiger charge is -2.42. The van der Waals surface area contributed by atoms with Crippen LogP contribution >= 0.6 is 12.4 Å². The molecule has 5 rings (SSSR count). The first kappa shape index (κ1) is 51.5. The normalized spacial score (nSPS) is 22.6. The summed E-state index contributed by atoms with van der Waals surface area (Å²) < 4.78 is 27.5. The third-order valence-corrected chi connectivity index (χ3v) is 12.4. The highest BCUT2D eigenvalue weighted by molar-refractivity contribution is 6.31. The maximum absolute atomic E-state index is 14.0. The minimum atomic E-state index is -2.41. The van der Waals surface area contributed by atoms with E-state index in [9.17, 15) is 44.4 Å². The van der Waals surface area contributed by atoms with Crippen LogP contribution in [0.1, 0.15) is 178 Å². The van der Waals surface area contributed by atoms with Crippen molar-refractivity contribution < 1.29 is 68.1 Å². The van der Waals surface area contributed by atoms with Crippen LogP contribution in [0.5, 0.6) is 17.2 Å². The van der Waals surface area contributed by atoms with E-state index in [-0.39, 0.29) is 53.3 Å². The topological polar surface area (TPSA) is 238 Å². The van der Waals surface area contributed by atoms with Crippen molar-refractivity contribution in [2.24, 2.45) is 5.73 Å². The predicted molar refractivity (Wildman–Crippen MR) is 233 cm³/mol. The number of esters is 2. The van der Waals surface area contributed by atoms with Gasteiger partial charge in [0, 0.05) is 48.4 Å². The Balaban J connectivity index is 0.00000871. The maximum Gasteiger partial charge on any atom is 0.344 e. The molecule has 0 amide bonds. The average Bonchev–Trinajstić information content (AvgIpc) is 3.25. The highest BCUT2D eigenvalue weighted by Gasteiger charge is 2.50. The molecule has 2 aromatic carbocycles. The summed E-state index contributed by atoms with van der Waals surface area (Å²) in [6.07, 6.45) is 12.2. The summed E-state index contributed by atoms with van der Waals surface area (Å²) in [6, 6.07) is 3.54. The van der Waals surface area contributed by atoms with Gasteiger partial charge in [0.2, 0.25) is 11.6 Å². The molecular formula is C47H66ClNO14. The van der Waals surface area contributed by atoms with Gasteiger partial charge in [0.1, 0.15) is 22.8 Å². The molecule has 2 aliphatic carbocycles. The number of methoxy groups -OCH3 is 1. The molecule has 6 N–H and O–H groups in total. The fraction of sp³-hybridized carbons (Fsp3) is 0.638. The molecule has 1 heterocycles. The molecule has 6 atom stereocenters. The molecule has 16 heteroatoms. The number of phenolic OH excluding ortho intramolecular Hbond substituents is 2. The number of carbonyl (C=O) groups excluding carboxylic acids is 5. The number of unbranched alkanes of at least 4 members (excludes halogenated alkanes) is 14. The Hall–Kier alpha value is -4.12. The summed E-state index contributed by atoms with van der Waals surface area (Å²) in [5, 5.41) is 45.8. The van der Waals surface area contributed by atoms with Crippen molar-refractivity contribution in [1.82, 2.24) is 0 Å². The first-order valence-electron chi connectivity index (χ1n) is 22.4. The summed E-state index contributed by atoms with van der Waals surface area (Å²) in [7, 11) is 1.31. The van der Waals surface area contributed by atoms with Crippen LogP contribution < -0.4 is 10.5 Å². The third kappa shape index (κ3) is 12.8. The number of aliphatic hydroxyl groups excluding tert-OH is 1. The van der Waals surface area contributed by atoms with E-state index in [1.165, 1.54) is 95.9 Å². The van der Waals surface area contributed by atoms with Crippen LogP contribution in [0, 0.1) is 0 Å². The summed E-state index contributed by atoms with van der Waals surface area (Å²) in [5.74, 6) is -5.66. The minimum absolute atomic E-state index is 0. The number of hydrogen-bond acceptors (Lipinski definition) is 15. The molecule has 3 aliphatic rings. The van der Waals surface area contributed by atoms with Crippen LogP contribution in [-0.4, -0.2) is 100 Å². The second-order valence-electron chi connectivity index (χ2n) is 17.0. The molecule has 1 aliphatic heterocycles. The number of rotatable bonds is 24. The molecule has 4 unspecified atom stereocenters. The van der Waals surface area contributed by atoms with E-state index in [4.69, 9.17) is 29.4 Å². The third-order valence-electron chi connectivity index (χ3n) is 12.4. The van der Waals surface area contributed by atoms with Crippen molar-refractivity contribution in [2.75, 3.05) is 20.3 Å². The fourth-order valence-corrected chi connectivity index (χ4v) is 8.78. The Morgan fingerprint density at radius 2 is 1.38 bits per heavy atom. The van der Waals surface area contributed by atoms with Crippen molar-refractivity contribution in [3.63, 3.8) is 0 Å². The van der Waals surface area contributed by atoms with E-state index in [2.05, 4.69) is 6.92 Å². The molecule has 0 saturated carbocycles. The van der Waals surface area contributed by atoms with Gasteiger partial charge in [-0.3, -0.25) is 19.2 Å². The van der Waals surface area contributed by atoms with Gasteiger partial charge in [0.15, 0.2) is 25.3 Å². The number of benzene rings is 2. The lowest BCUT2D eigenvalue weighted by atomic mass is 9.72.